The molecule has 0 spiro atoms. The first kappa shape index (κ1) is 17.2. The van der Waals surface area contributed by atoms with Crippen molar-refractivity contribution in [1.82, 2.24) is 4.98 Å². The lowest BCUT2D eigenvalue weighted by molar-refractivity contribution is 0.174. The average molecular weight is 383 g/mol. The van der Waals surface area contributed by atoms with Gasteiger partial charge in [0.25, 0.3) is 10.0 Å². The fourth-order valence-electron chi connectivity index (χ4n) is 2.58. The summed E-state index contributed by atoms with van der Waals surface area (Å²) >= 11 is 0. The number of rotatable bonds is 5. The first-order chi connectivity index (χ1) is 13.0. The van der Waals surface area contributed by atoms with Crippen LogP contribution in [0.15, 0.2) is 65.7 Å². The second-order valence-electron chi connectivity index (χ2n) is 6.04. The largest absolute Gasteiger partial charge is 0.454 e. The molecule has 0 aliphatic carbocycles. The van der Waals surface area contributed by atoms with Crippen LogP contribution >= 0.6 is 0 Å². The summed E-state index contributed by atoms with van der Waals surface area (Å²) in [6.45, 7) is 2.12. The van der Waals surface area contributed by atoms with E-state index in [0.717, 1.165) is 11.3 Å². The molecule has 0 unspecified atom stereocenters. The molecule has 1 aliphatic rings. The number of sulfonamides is 1. The normalized spacial score (nSPS) is 12.6. The van der Waals surface area contributed by atoms with E-state index < -0.39 is 10.0 Å². The first-order valence-electron chi connectivity index (χ1n) is 8.22. The van der Waals surface area contributed by atoms with E-state index in [1.54, 1.807) is 42.6 Å². The Hall–Kier alpha value is -3.26. The monoisotopic (exact) mass is 383 g/mol. The van der Waals surface area contributed by atoms with Crippen molar-refractivity contribution >= 4 is 27.2 Å². The van der Waals surface area contributed by atoms with Crippen molar-refractivity contribution in [2.24, 2.45) is 0 Å². The summed E-state index contributed by atoms with van der Waals surface area (Å²) in [6.07, 6.45) is 1.55. The van der Waals surface area contributed by atoms with Crippen molar-refractivity contribution in [3.8, 4) is 11.5 Å². The van der Waals surface area contributed by atoms with Gasteiger partial charge in [-0.3, -0.25) is 4.72 Å². The molecular formula is C19H17N3O4S. The lowest BCUT2D eigenvalue weighted by atomic mass is 10.2. The van der Waals surface area contributed by atoms with E-state index in [-0.39, 0.29) is 17.5 Å². The van der Waals surface area contributed by atoms with Crippen LogP contribution in [0.3, 0.4) is 0 Å². The Balaban J connectivity index is 1.46. The van der Waals surface area contributed by atoms with E-state index in [1.165, 1.54) is 0 Å². The third-order valence-corrected chi connectivity index (χ3v) is 5.37. The fourth-order valence-corrected chi connectivity index (χ4v) is 3.59. The van der Waals surface area contributed by atoms with E-state index in [2.05, 4.69) is 15.0 Å². The Morgan fingerprint density at radius 3 is 2.41 bits per heavy atom. The number of pyridine rings is 1. The van der Waals surface area contributed by atoms with Crippen molar-refractivity contribution in [3.05, 3.63) is 66.4 Å². The van der Waals surface area contributed by atoms with Crippen molar-refractivity contribution in [2.45, 2.75) is 11.8 Å². The second-order valence-corrected chi connectivity index (χ2v) is 7.73. The van der Waals surface area contributed by atoms with E-state index in [4.69, 9.17) is 9.47 Å². The molecule has 1 aromatic heterocycles. The van der Waals surface area contributed by atoms with Gasteiger partial charge in [-0.15, -0.1) is 0 Å². The summed E-state index contributed by atoms with van der Waals surface area (Å²) in [7, 11) is -3.67. The molecule has 8 heteroatoms. The van der Waals surface area contributed by atoms with Crippen LogP contribution < -0.4 is 19.5 Å². The molecule has 27 heavy (non-hydrogen) atoms. The molecule has 1 aliphatic heterocycles. The predicted molar refractivity (Wildman–Crippen MR) is 102 cm³/mol. The molecule has 2 N–H and O–H groups in total. The number of aryl methyl sites for hydroxylation is 1. The molecule has 3 aromatic rings. The zero-order valence-corrected chi connectivity index (χ0v) is 15.3. The van der Waals surface area contributed by atoms with Gasteiger partial charge >= 0.3 is 0 Å². The Bertz CT molecular complexity index is 1070. The third-order valence-electron chi connectivity index (χ3n) is 3.99. The zero-order chi connectivity index (χ0) is 18.9. The second kappa shape index (κ2) is 6.81. The van der Waals surface area contributed by atoms with Gasteiger partial charge in [-0.05, 0) is 43.3 Å². The van der Waals surface area contributed by atoms with Gasteiger partial charge in [0.1, 0.15) is 5.82 Å². The van der Waals surface area contributed by atoms with Gasteiger partial charge in [0.15, 0.2) is 11.5 Å². The minimum atomic E-state index is -3.67. The Morgan fingerprint density at radius 2 is 1.67 bits per heavy atom. The summed E-state index contributed by atoms with van der Waals surface area (Å²) in [4.78, 5) is 4.36. The highest BCUT2D eigenvalue weighted by atomic mass is 32.2. The molecule has 138 valence electrons. The molecule has 4 rings (SSSR count). The average Bonchev–Trinajstić information content (AvgIpc) is 3.11. The topological polar surface area (TPSA) is 89.6 Å². The Morgan fingerprint density at radius 1 is 0.926 bits per heavy atom. The first-order valence-corrected chi connectivity index (χ1v) is 9.70. The third kappa shape index (κ3) is 3.80. The minimum Gasteiger partial charge on any atom is -0.454 e. The van der Waals surface area contributed by atoms with Gasteiger partial charge in [-0.1, -0.05) is 17.7 Å². The number of fused-ring (bicyclic) bond motifs is 1. The molecule has 0 atom stereocenters. The van der Waals surface area contributed by atoms with E-state index in [1.807, 2.05) is 25.1 Å². The van der Waals surface area contributed by atoms with Crippen molar-refractivity contribution < 1.29 is 17.9 Å². The summed E-state index contributed by atoms with van der Waals surface area (Å²) in [5, 5.41) is 3.19. The van der Waals surface area contributed by atoms with Gasteiger partial charge in [0.2, 0.25) is 6.79 Å². The highest BCUT2D eigenvalue weighted by Crippen LogP contribution is 2.35. The maximum Gasteiger partial charge on any atom is 0.263 e. The number of aromatic nitrogens is 1. The predicted octanol–water partition coefficient (Wildman–Crippen LogP) is 3.66. The Kier molecular flexibility index (Phi) is 4.33. The molecule has 0 amide bonds. The lowest BCUT2D eigenvalue weighted by Crippen LogP contribution is -2.13. The van der Waals surface area contributed by atoms with Crippen molar-refractivity contribution in [1.29, 1.82) is 0 Å². The van der Waals surface area contributed by atoms with Gasteiger partial charge in [0.05, 0.1) is 16.8 Å². The van der Waals surface area contributed by atoms with Crippen LogP contribution in [-0.4, -0.2) is 20.2 Å². The highest BCUT2D eigenvalue weighted by molar-refractivity contribution is 7.92. The smallest absolute Gasteiger partial charge is 0.263 e. The molecule has 7 nitrogen and oxygen atoms in total. The van der Waals surface area contributed by atoms with Gasteiger partial charge in [-0.2, -0.15) is 0 Å². The SMILES string of the molecule is Cc1ccc(S(=O)(=O)Nc2ccc(Nc3ccc4c(c3)OCO4)cn2)cc1. The number of benzene rings is 2. The van der Waals surface area contributed by atoms with Crippen molar-refractivity contribution in [2.75, 3.05) is 16.8 Å². The van der Waals surface area contributed by atoms with E-state index in [9.17, 15) is 8.42 Å². The highest BCUT2D eigenvalue weighted by Gasteiger charge is 2.15. The number of hydrogen-bond donors (Lipinski definition) is 2. The van der Waals surface area contributed by atoms with Crippen LogP contribution in [-0.2, 0) is 10.0 Å². The fraction of sp³-hybridized carbons (Fsp3) is 0.105. The van der Waals surface area contributed by atoms with E-state index >= 15 is 0 Å². The van der Waals surface area contributed by atoms with Crippen LogP contribution in [0.1, 0.15) is 5.56 Å². The summed E-state index contributed by atoms with van der Waals surface area (Å²) in [6, 6.07) is 15.5. The van der Waals surface area contributed by atoms with Crippen molar-refractivity contribution in [3.63, 3.8) is 0 Å². The molecule has 2 aromatic carbocycles. The lowest BCUT2D eigenvalue weighted by Gasteiger charge is -2.10. The number of anilines is 3. The molecule has 0 radical (unpaired) electrons. The van der Waals surface area contributed by atoms with Crippen LogP contribution in [0, 0.1) is 6.92 Å². The molecule has 0 fully saturated rings. The van der Waals surface area contributed by atoms with Gasteiger partial charge in [-0.25, -0.2) is 13.4 Å². The van der Waals surface area contributed by atoms with Gasteiger partial charge < -0.3 is 14.8 Å². The standard InChI is InChI=1S/C19H17N3O4S/c1-13-2-6-16(7-3-13)27(23,24)22-19-9-5-15(11-20-19)21-14-4-8-17-18(10-14)26-12-25-17/h2-11,21H,12H2,1H3,(H,20,22). The quantitative estimate of drug-likeness (QED) is 0.699. The molecular weight excluding hydrogens is 366 g/mol. The minimum absolute atomic E-state index is 0.192. The van der Waals surface area contributed by atoms with Crippen LogP contribution in [0.4, 0.5) is 17.2 Å². The number of nitrogens with one attached hydrogen (secondary N) is 2. The molecule has 0 bridgehead atoms. The van der Waals surface area contributed by atoms with Crippen LogP contribution in [0.5, 0.6) is 11.5 Å². The number of nitrogens with zero attached hydrogens (tertiary/aromatic N) is 1. The van der Waals surface area contributed by atoms with Crippen LogP contribution in [0.25, 0.3) is 0 Å². The van der Waals surface area contributed by atoms with Crippen LogP contribution in [0.2, 0.25) is 0 Å². The molecule has 0 saturated heterocycles. The maximum atomic E-state index is 12.4. The Labute approximate surface area is 157 Å². The van der Waals surface area contributed by atoms with E-state index in [0.29, 0.717) is 17.2 Å². The maximum absolute atomic E-state index is 12.4. The summed E-state index contributed by atoms with van der Waals surface area (Å²) in [5.41, 5.74) is 2.52. The summed E-state index contributed by atoms with van der Waals surface area (Å²) in [5.74, 6) is 1.63. The molecule has 2 heterocycles. The molecule has 0 saturated carbocycles. The number of hydrogen-bond acceptors (Lipinski definition) is 6. The number of ether oxygens (including phenoxy) is 2. The van der Waals surface area contributed by atoms with Gasteiger partial charge in [0, 0.05) is 11.8 Å². The zero-order valence-electron chi connectivity index (χ0n) is 14.5. The summed E-state index contributed by atoms with van der Waals surface area (Å²) < 4.78 is 37.9.